The maximum absolute atomic E-state index is 5.53. The molecule has 0 aromatic heterocycles. The molecule has 3 nitrogen and oxygen atoms in total. The molecule has 0 aliphatic heterocycles. The summed E-state index contributed by atoms with van der Waals surface area (Å²) in [6.45, 7) is 0. The van der Waals surface area contributed by atoms with Gasteiger partial charge in [0.2, 0.25) is 0 Å². The van der Waals surface area contributed by atoms with Gasteiger partial charge in [0.15, 0.2) is 0 Å². The average Bonchev–Trinajstić information content (AvgIpc) is 2.78. The Labute approximate surface area is 170 Å². The van der Waals surface area contributed by atoms with Gasteiger partial charge >= 0.3 is 8.80 Å². The van der Waals surface area contributed by atoms with Crippen LogP contribution in [0.5, 0.6) is 0 Å². The van der Waals surface area contributed by atoms with Gasteiger partial charge in [0.05, 0.1) is 0 Å². The molecule has 3 rings (SSSR count). The third-order valence-corrected chi connectivity index (χ3v) is 10.0. The molecule has 3 aromatic rings. The maximum Gasteiger partial charge on any atom is 0.500 e. The van der Waals surface area contributed by atoms with E-state index in [2.05, 4.69) is 84.9 Å². The molecule has 5 heteroatoms. The van der Waals surface area contributed by atoms with Crippen LogP contribution in [-0.2, 0) is 19.7 Å². The third kappa shape index (κ3) is 4.96. The third-order valence-electron chi connectivity index (χ3n) is 4.88. The molecule has 0 unspecified atom stereocenters. The minimum absolute atomic E-state index is 0.565. The summed E-state index contributed by atoms with van der Waals surface area (Å²) in [4.78, 5) is 0. The van der Waals surface area contributed by atoms with Crippen LogP contribution < -0.4 is 15.9 Å². The Morgan fingerprint density at radius 1 is 0.607 bits per heavy atom. The van der Waals surface area contributed by atoms with Crippen LogP contribution >= 0.6 is 7.92 Å². The lowest BCUT2D eigenvalue weighted by molar-refractivity contribution is 0.123. The summed E-state index contributed by atoms with van der Waals surface area (Å²) in [5.41, 5.74) is 1.27. The predicted octanol–water partition coefficient (Wildman–Crippen LogP) is 3.87. The Morgan fingerprint density at radius 2 is 1.04 bits per heavy atom. The highest BCUT2D eigenvalue weighted by Crippen LogP contribution is 2.32. The molecule has 0 radical (unpaired) electrons. The number of hydrogen-bond donors (Lipinski definition) is 0. The van der Waals surface area contributed by atoms with Crippen molar-refractivity contribution in [2.24, 2.45) is 0 Å². The summed E-state index contributed by atoms with van der Waals surface area (Å²) in [6.07, 6.45) is 0.872. The first kappa shape index (κ1) is 20.9. The second kappa shape index (κ2) is 10.1. The normalized spacial score (nSPS) is 11.7. The van der Waals surface area contributed by atoms with Gasteiger partial charge in [0, 0.05) is 27.4 Å². The molecule has 0 bridgehead atoms. The molecular formula is C23H27O3PSi. The molecule has 0 aliphatic carbocycles. The van der Waals surface area contributed by atoms with Crippen molar-refractivity contribution in [1.82, 2.24) is 0 Å². The number of hydrogen-bond acceptors (Lipinski definition) is 3. The molecule has 0 fully saturated rings. The second-order valence-electron chi connectivity index (χ2n) is 6.47. The highest BCUT2D eigenvalue weighted by Gasteiger charge is 2.37. The lowest BCUT2D eigenvalue weighted by atomic mass is 10.2. The van der Waals surface area contributed by atoms with Crippen LogP contribution in [0.15, 0.2) is 84.9 Å². The molecule has 3 aromatic carbocycles. The minimum atomic E-state index is -2.54. The van der Waals surface area contributed by atoms with E-state index in [0.717, 1.165) is 12.5 Å². The van der Waals surface area contributed by atoms with Crippen LogP contribution in [0.1, 0.15) is 5.56 Å². The van der Waals surface area contributed by atoms with E-state index in [1.807, 2.05) is 0 Å². The summed E-state index contributed by atoms with van der Waals surface area (Å²) in [5, 5.41) is 4.08. The zero-order valence-electron chi connectivity index (χ0n) is 16.7. The van der Waals surface area contributed by atoms with Gasteiger partial charge in [-0.25, -0.2) is 0 Å². The zero-order chi connectivity index (χ0) is 19.8. The molecular weight excluding hydrogens is 383 g/mol. The molecule has 28 heavy (non-hydrogen) atoms. The van der Waals surface area contributed by atoms with Gasteiger partial charge < -0.3 is 13.3 Å². The molecule has 0 spiro atoms. The van der Waals surface area contributed by atoms with Crippen LogP contribution in [0.4, 0.5) is 0 Å². The molecule has 0 saturated heterocycles. The SMILES string of the molecule is CO[Si](CCc1ccc(P(c2ccccc2)c2ccccc2)cc1)(OC)OC. The van der Waals surface area contributed by atoms with E-state index in [1.165, 1.54) is 21.5 Å². The van der Waals surface area contributed by atoms with Crippen LogP contribution in [0, 0.1) is 0 Å². The second-order valence-corrected chi connectivity index (χ2v) is 11.8. The van der Waals surface area contributed by atoms with Crippen molar-refractivity contribution in [2.75, 3.05) is 21.3 Å². The van der Waals surface area contributed by atoms with Gasteiger partial charge in [-0.1, -0.05) is 84.9 Å². The number of benzene rings is 3. The standard InChI is InChI=1S/C23H27O3PSi/c1-24-28(25-2,26-3)19-18-20-14-16-23(17-15-20)27(21-10-6-4-7-11-21)22-12-8-5-9-13-22/h4-17H,18-19H2,1-3H3. The van der Waals surface area contributed by atoms with E-state index in [-0.39, 0.29) is 0 Å². The van der Waals surface area contributed by atoms with E-state index in [1.54, 1.807) is 21.3 Å². The van der Waals surface area contributed by atoms with Gasteiger partial charge in [0.1, 0.15) is 0 Å². The van der Waals surface area contributed by atoms with Crippen LogP contribution in [0.25, 0.3) is 0 Å². The maximum atomic E-state index is 5.53. The van der Waals surface area contributed by atoms with E-state index >= 15 is 0 Å². The quantitative estimate of drug-likeness (QED) is 0.396. The molecule has 0 amide bonds. The van der Waals surface area contributed by atoms with Gasteiger partial charge in [-0.2, -0.15) is 0 Å². The highest BCUT2D eigenvalue weighted by atomic mass is 31.1. The summed E-state index contributed by atoms with van der Waals surface area (Å²) in [5.74, 6) is 0. The van der Waals surface area contributed by atoms with Crippen molar-refractivity contribution in [2.45, 2.75) is 12.5 Å². The Hall–Kier alpha value is -1.81. The summed E-state index contributed by atoms with van der Waals surface area (Å²) in [7, 11) is 1.88. The lowest BCUT2D eigenvalue weighted by Crippen LogP contribution is -2.43. The average molecular weight is 411 g/mol. The van der Waals surface area contributed by atoms with Gasteiger partial charge in [-0.05, 0) is 35.8 Å². The summed E-state index contributed by atoms with van der Waals surface area (Å²) < 4.78 is 16.6. The Balaban J connectivity index is 1.83. The minimum Gasteiger partial charge on any atom is -0.377 e. The smallest absolute Gasteiger partial charge is 0.377 e. The van der Waals surface area contributed by atoms with Crippen molar-refractivity contribution in [1.29, 1.82) is 0 Å². The number of rotatable bonds is 9. The molecule has 0 N–H and O–H groups in total. The fourth-order valence-corrected chi connectivity index (χ4v) is 7.26. The molecule has 0 heterocycles. The van der Waals surface area contributed by atoms with Crippen molar-refractivity contribution in [3.05, 3.63) is 90.5 Å². The Kier molecular flexibility index (Phi) is 7.55. The van der Waals surface area contributed by atoms with Crippen molar-refractivity contribution in [3.8, 4) is 0 Å². The van der Waals surface area contributed by atoms with Crippen molar-refractivity contribution < 1.29 is 13.3 Å². The first-order chi connectivity index (χ1) is 13.7. The first-order valence-corrected chi connectivity index (χ1v) is 12.6. The molecule has 146 valence electrons. The van der Waals surface area contributed by atoms with Crippen LogP contribution in [-0.4, -0.2) is 30.1 Å². The van der Waals surface area contributed by atoms with Gasteiger partial charge in [0.25, 0.3) is 0 Å². The monoisotopic (exact) mass is 410 g/mol. The zero-order valence-corrected chi connectivity index (χ0v) is 18.6. The van der Waals surface area contributed by atoms with Gasteiger partial charge in [-0.3, -0.25) is 0 Å². The van der Waals surface area contributed by atoms with Gasteiger partial charge in [-0.15, -0.1) is 0 Å². The highest BCUT2D eigenvalue weighted by molar-refractivity contribution is 7.79. The topological polar surface area (TPSA) is 27.7 Å². The van der Waals surface area contributed by atoms with E-state index in [9.17, 15) is 0 Å². The molecule has 0 atom stereocenters. The van der Waals surface area contributed by atoms with Crippen molar-refractivity contribution >= 4 is 32.6 Å². The Bertz CT molecular complexity index is 789. The predicted molar refractivity (Wildman–Crippen MR) is 120 cm³/mol. The van der Waals surface area contributed by atoms with Crippen LogP contribution in [0.2, 0.25) is 6.04 Å². The van der Waals surface area contributed by atoms with E-state index in [0.29, 0.717) is 0 Å². The largest absolute Gasteiger partial charge is 0.500 e. The first-order valence-electron chi connectivity index (χ1n) is 9.36. The molecule has 0 saturated carbocycles. The van der Waals surface area contributed by atoms with E-state index < -0.39 is 16.7 Å². The summed E-state index contributed by atoms with van der Waals surface area (Å²) >= 11 is 0. The number of aryl methyl sites for hydroxylation is 1. The Morgan fingerprint density at radius 3 is 1.46 bits per heavy atom. The van der Waals surface area contributed by atoms with Crippen LogP contribution in [0.3, 0.4) is 0 Å². The summed E-state index contributed by atoms with van der Waals surface area (Å²) in [6, 6.07) is 31.2. The van der Waals surface area contributed by atoms with Crippen molar-refractivity contribution in [3.63, 3.8) is 0 Å². The van der Waals surface area contributed by atoms with E-state index in [4.69, 9.17) is 13.3 Å². The fraction of sp³-hybridized carbons (Fsp3) is 0.217. The lowest BCUT2D eigenvalue weighted by Gasteiger charge is -2.24. The fourth-order valence-electron chi connectivity index (χ4n) is 3.27. The molecule has 0 aliphatic rings.